The Morgan fingerprint density at radius 3 is 2.12 bits per heavy atom. The van der Waals surface area contributed by atoms with Gasteiger partial charge in [-0.2, -0.15) is 0 Å². The van der Waals surface area contributed by atoms with Crippen LogP contribution in [0.4, 0.5) is 0 Å². The summed E-state index contributed by atoms with van der Waals surface area (Å²) < 4.78 is 5.10. The largest absolute Gasteiger partial charge is 0.507 e. The molecule has 0 aliphatic heterocycles. The number of carbonyl (C=O) groups is 2. The summed E-state index contributed by atoms with van der Waals surface area (Å²) in [5.41, 5.74) is 1.87. The lowest BCUT2D eigenvalue weighted by Crippen LogP contribution is -2.11. The lowest BCUT2D eigenvalue weighted by atomic mass is 9.89. The fourth-order valence-electron chi connectivity index (χ4n) is 2.84. The van der Waals surface area contributed by atoms with E-state index < -0.39 is 5.97 Å². The second-order valence-corrected chi connectivity index (χ2v) is 5.66. The van der Waals surface area contributed by atoms with E-state index in [0.29, 0.717) is 22.3 Å². The van der Waals surface area contributed by atoms with E-state index >= 15 is 0 Å². The van der Waals surface area contributed by atoms with Gasteiger partial charge in [0, 0.05) is 16.7 Å². The van der Waals surface area contributed by atoms with Crippen molar-refractivity contribution in [3.8, 4) is 16.9 Å². The van der Waals surface area contributed by atoms with E-state index in [2.05, 4.69) is 0 Å². The smallest absolute Gasteiger partial charge is 0.342 e. The Kier molecular flexibility index (Phi) is 5.13. The molecule has 0 bridgehead atoms. The Hall–Kier alpha value is -3.40. The third kappa shape index (κ3) is 3.35. The highest BCUT2D eigenvalue weighted by atomic mass is 16.5. The van der Waals surface area contributed by atoms with Gasteiger partial charge in [-0.3, -0.25) is 4.79 Å². The van der Waals surface area contributed by atoms with Crippen molar-refractivity contribution in [2.75, 3.05) is 6.61 Å². The minimum Gasteiger partial charge on any atom is -0.507 e. The molecule has 0 saturated heterocycles. The molecule has 0 aromatic heterocycles. The van der Waals surface area contributed by atoms with E-state index in [1.807, 2.05) is 24.3 Å². The molecule has 0 fully saturated rings. The van der Waals surface area contributed by atoms with Gasteiger partial charge in [-0.15, -0.1) is 0 Å². The van der Waals surface area contributed by atoms with Crippen LogP contribution in [0.25, 0.3) is 11.1 Å². The molecule has 0 atom stereocenters. The van der Waals surface area contributed by atoms with Crippen molar-refractivity contribution < 1.29 is 19.4 Å². The van der Waals surface area contributed by atoms with Crippen molar-refractivity contribution in [3.05, 3.63) is 89.5 Å². The third-order valence-electron chi connectivity index (χ3n) is 4.01. The molecule has 0 saturated carbocycles. The van der Waals surface area contributed by atoms with E-state index in [0.717, 1.165) is 0 Å². The predicted octanol–water partition coefficient (Wildman–Crippen LogP) is 4.47. The van der Waals surface area contributed by atoms with Crippen LogP contribution >= 0.6 is 0 Å². The first-order chi connectivity index (χ1) is 12.6. The molecular weight excluding hydrogens is 328 g/mol. The summed E-state index contributed by atoms with van der Waals surface area (Å²) in [5.74, 6) is -1.10. The Morgan fingerprint density at radius 1 is 0.885 bits per heavy atom. The first kappa shape index (κ1) is 17.4. The maximum absolute atomic E-state index is 13.1. The zero-order valence-electron chi connectivity index (χ0n) is 14.3. The average molecular weight is 346 g/mol. The maximum Gasteiger partial charge on any atom is 0.342 e. The molecule has 3 rings (SSSR count). The van der Waals surface area contributed by atoms with Gasteiger partial charge in [-0.25, -0.2) is 4.79 Å². The fraction of sp³-hybridized carbons (Fsp3) is 0.0909. The van der Waals surface area contributed by atoms with Gasteiger partial charge in [0.05, 0.1) is 6.61 Å². The Bertz CT molecular complexity index is 931. The number of carbonyl (C=O) groups excluding carboxylic acids is 2. The molecule has 0 radical (unpaired) electrons. The summed E-state index contributed by atoms with van der Waals surface area (Å²) in [7, 11) is 0. The maximum atomic E-state index is 13.1. The van der Waals surface area contributed by atoms with Crippen LogP contribution in [-0.4, -0.2) is 23.5 Å². The van der Waals surface area contributed by atoms with E-state index in [1.165, 1.54) is 12.1 Å². The summed E-state index contributed by atoms with van der Waals surface area (Å²) in [4.78, 5) is 25.5. The van der Waals surface area contributed by atoms with Crippen molar-refractivity contribution in [1.29, 1.82) is 0 Å². The van der Waals surface area contributed by atoms with E-state index in [1.54, 1.807) is 43.3 Å². The Balaban J connectivity index is 2.26. The molecule has 0 aliphatic carbocycles. The molecule has 0 amide bonds. The Morgan fingerprint density at radius 2 is 1.50 bits per heavy atom. The SMILES string of the molecule is CCOC(=O)c1c(O)ccc(C(=O)c2ccccc2)c1-c1ccccc1. The number of hydrogen-bond acceptors (Lipinski definition) is 4. The van der Waals surface area contributed by atoms with Crippen molar-refractivity contribution in [2.24, 2.45) is 0 Å². The highest BCUT2D eigenvalue weighted by Crippen LogP contribution is 2.35. The normalized spacial score (nSPS) is 10.3. The molecule has 4 nitrogen and oxygen atoms in total. The number of rotatable bonds is 5. The standard InChI is InChI=1S/C22H18O4/c1-2-26-22(25)20-18(23)14-13-17(19(20)15-9-5-3-6-10-15)21(24)16-11-7-4-8-12-16/h3-14,23H,2H2,1H3. The van der Waals surface area contributed by atoms with E-state index in [9.17, 15) is 14.7 Å². The molecule has 1 N–H and O–H groups in total. The van der Waals surface area contributed by atoms with Crippen LogP contribution in [0, 0.1) is 0 Å². The summed E-state index contributed by atoms with van der Waals surface area (Å²) in [6.45, 7) is 1.86. The summed E-state index contributed by atoms with van der Waals surface area (Å²) in [6, 6.07) is 20.8. The molecule has 0 heterocycles. The zero-order valence-corrected chi connectivity index (χ0v) is 14.3. The van der Waals surface area contributed by atoms with E-state index in [4.69, 9.17) is 4.74 Å². The number of phenols is 1. The third-order valence-corrected chi connectivity index (χ3v) is 4.01. The second-order valence-electron chi connectivity index (χ2n) is 5.66. The topological polar surface area (TPSA) is 63.6 Å². The van der Waals surface area contributed by atoms with Gasteiger partial charge < -0.3 is 9.84 Å². The van der Waals surface area contributed by atoms with Gasteiger partial charge in [-0.05, 0) is 24.6 Å². The minimum atomic E-state index is -0.661. The van der Waals surface area contributed by atoms with Gasteiger partial charge >= 0.3 is 5.97 Å². The first-order valence-electron chi connectivity index (χ1n) is 8.31. The first-order valence-corrected chi connectivity index (χ1v) is 8.31. The lowest BCUT2D eigenvalue weighted by molar-refractivity contribution is 0.0524. The van der Waals surface area contributed by atoms with Crippen LogP contribution in [-0.2, 0) is 4.74 Å². The highest BCUT2D eigenvalue weighted by Gasteiger charge is 2.25. The van der Waals surface area contributed by atoms with Crippen molar-refractivity contribution in [1.82, 2.24) is 0 Å². The van der Waals surface area contributed by atoms with Crippen molar-refractivity contribution >= 4 is 11.8 Å². The van der Waals surface area contributed by atoms with Crippen LogP contribution in [0.3, 0.4) is 0 Å². The summed E-state index contributed by atoms with van der Waals surface area (Å²) in [6.07, 6.45) is 0. The number of ether oxygens (including phenoxy) is 1. The van der Waals surface area contributed by atoms with Crippen molar-refractivity contribution in [2.45, 2.75) is 6.92 Å². The number of phenolic OH excluding ortho intramolecular Hbond substituents is 1. The summed E-state index contributed by atoms with van der Waals surface area (Å²) >= 11 is 0. The second kappa shape index (κ2) is 7.66. The Labute approximate surface area is 151 Å². The predicted molar refractivity (Wildman–Crippen MR) is 99.4 cm³/mol. The van der Waals surface area contributed by atoms with Gasteiger partial charge in [0.2, 0.25) is 0 Å². The van der Waals surface area contributed by atoms with Gasteiger partial charge in [-0.1, -0.05) is 60.7 Å². The van der Waals surface area contributed by atoms with Crippen molar-refractivity contribution in [3.63, 3.8) is 0 Å². The van der Waals surface area contributed by atoms with Gasteiger partial charge in [0.25, 0.3) is 0 Å². The average Bonchev–Trinajstić information content (AvgIpc) is 2.68. The van der Waals surface area contributed by atoms with E-state index in [-0.39, 0.29) is 23.7 Å². The monoisotopic (exact) mass is 346 g/mol. The molecule has 26 heavy (non-hydrogen) atoms. The number of aromatic hydroxyl groups is 1. The van der Waals surface area contributed by atoms with Crippen LogP contribution in [0.15, 0.2) is 72.8 Å². The molecule has 3 aromatic carbocycles. The van der Waals surface area contributed by atoms with Crippen LogP contribution < -0.4 is 0 Å². The quantitative estimate of drug-likeness (QED) is 0.547. The number of benzene rings is 3. The number of esters is 1. The molecule has 0 aliphatic rings. The molecular formula is C22H18O4. The van der Waals surface area contributed by atoms with Crippen LogP contribution in [0.1, 0.15) is 33.2 Å². The molecule has 0 spiro atoms. The fourth-order valence-corrected chi connectivity index (χ4v) is 2.84. The molecule has 3 aromatic rings. The molecule has 4 heteroatoms. The highest BCUT2D eigenvalue weighted by molar-refractivity contribution is 6.16. The molecule has 130 valence electrons. The van der Waals surface area contributed by atoms with Gasteiger partial charge in [0.1, 0.15) is 11.3 Å². The molecule has 0 unspecified atom stereocenters. The summed E-state index contributed by atoms with van der Waals surface area (Å²) in [5, 5.41) is 10.3. The zero-order chi connectivity index (χ0) is 18.5. The number of ketones is 1. The van der Waals surface area contributed by atoms with Crippen LogP contribution in [0.5, 0.6) is 5.75 Å². The van der Waals surface area contributed by atoms with Gasteiger partial charge in [0.15, 0.2) is 5.78 Å². The lowest BCUT2D eigenvalue weighted by Gasteiger charge is -2.15. The minimum absolute atomic E-state index is 0.000156. The van der Waals surface area contributed by atoms with Crippen LogP contribution in [0.2, 0.25) is 0 Å². The number of hydrogen-bond donors (Lipinski definition) is 1.